The van der Waals surface area contributed by atoms with E-state index >= 15 is 0 Å². The first-order valence-electron chi connectivity index (χ1n) is 7.27. The molecule has 0 aliphatic rings. The molecule has 2 heterocycles. The number of anilines is 1. The number of aryl methyl sites for hydroxylation is 2. The predicted octanol–water partition coefficient (Wildman–Crippen LogP) is 3.62. The SMILES string of the molecule is CCCNc1cc(CCC)nc(-c2ccncc2C)n1. The Morgan fingerprint density at radius 2 is 2.00 bits per heavy atom. The summed E-state index contributed by atoms with van der Waals surface area (Å²) < 4.78 is 0. The molecule has 2 rings (SSSR count). The predicted molar refractivity (Wildman–Crippen MR) is 82.8 cm³/mol. The van der Waals surface area contributed by atoms with Gasteiger partial charge in [0.15, 0.2) is 5.82 Å². The fourth-order valence-electron chi connectivity index (χ4n) is 2.07. The van der Waals surface area contributed by atoms with Gasteiger partial charge in [0.25, 0.3) is 0 Å². The van der Waals surface area contributed by atoms with E-state index in [2.05, 4.69) is 40.2 Å². The number of pyridine rings is 1. The second-order valence-electron chi connectivity index (χ2n) is 4.94. The lowest BCUT2D eigenvalue weighted by atomic mass is 10.1. The van der Waals surface area contributed by atoms with Crippen molar-refractivity contribution in [2.24, 2.45) is 0 Å². The summed E-state index contributed by atoms with van der Waals surface area (Å²) in [5.74, 6) is 1.70. The third kappa shape index (κ3) is 3.53. The lowest BCUT2D eigenvalue weighted by molar-refractivity contribution is 0.872. The lowest BCUT2D eigenvalue weighted by Gasteiger charge is -2.10. The minimum Gasteiger partial charge on any atom is -0.370 e. The average Bonchev–Trinajstić information content (AvgIpc) is 2.46. The van der Waals surface area contributed by atoms with Gasteiger partial charge in [-0.25, -0.2) is 9.97 Å². The van der Waals surface area contributed by atoms with Crippen LogP contribution in [-0.4, -0.2) is 21.5 Å². The van der Waals surface area contributed by atoms with E-state index in [9.17, 15) is 0 Å². The van der Waals surface area contributed by atoms with Gasteiger partial charge >= 0.3 is 0 Å². The van der Waals surface area contributed by atoms with Gasteiger partial charge in [0.05, 0.1) is 0 Å². The summed E-state index contributed by atoms with van der Waals surface area (Å²) in [7, 11) is 0. The average molecular weight is 270 g/mol. The molecule has 106 valence electrons. The first-order valence-corrected chi connectivity index (χ1v) is 7.27. The Bertz CT molecular complexity index is 566. The molecule has 0 saturated carbocycles. The summed E-state index contributed by atoms with van der Waals surface area (Å²) in [6, 6.07) is 4.03. The molecule has 0 atom stereocenters. The number of aromatic nitrogens is 3. The van der Waals surface area contributed by atoms with Crippen LogP contribution in [0.25, 0.3) is 11.4 Å². The summed E-state index contributed by atoms with van der Waals surface area (Å²) in [6.07, 6.45) is 6.78. The number of nitrogens with one attached hydrogen (secondary N) is 1. The van der Waals surface area contributed by atoms with Gasteiger partial charge < -0.3 is 5.32 Å². The van der Waals surface area contributed by atoms with Gasteiger partial charge in [-0.2, -0.15) is 0 Å². The fraction of sp³-hybridized carbons (Fsp3) is 0.438. The Morgan fingerprint density at radius 3 is 2.70 bits per heavy atom. The van der Waals surface area contributed by atoms with Crippen LogP contribution in [0.3, 0.4) is 0 Å². The number of rotatable bonds is 6. The molecule has 0 aliphatic carbocycles. The Kier molecular flexibility index (Phi) is 5.04. The second kappa shape index (κ2) is 6.98. The smallest absolute Gasteiger partial charge is 0.162 e. The minimum absolute atomic E-state index is 0.787. The number of nitrogens with zero attached hydrogens (tertiary/aromatic N) is 3. The number of hydrogen-bond donors (Lipinski definition) is 1. The Balaban J connectivity index is 2.40. The van der Waals surface area contributed by atoms with Crippen LogP contribution >= 0.6 is 0 Å². The number of hydrogen-bond acceptors (Lipinski definition) is 4. The van der Waals surface area contributed by atoms with E-state index in [4.69, 9.17) is 0 Å². The highest BCUT2D eigenvalue weighted by molar-refractivity contribution is 5.60. The molecule has 20 heavy (non-hydrogen) atoms. The van der Waals surface area contributed by atoms with E-state index in [0.29, 0.717) is 0 Å². The van der Waals surface area contributed by atoms with E-state index in [-0.39, 0.29) is 0 Å². The third-order valence-electron chi connectivity index (χ3n) is 3.10. The zero-order chi connectivity index (χ0) is 14.4. The molecule has 1 N–H and O–H groups in total. The van der Waals surface area contributed by atoms with Crippen LogP contribution in [0.5, 0.6) is 0 Å². The molecule has 0 amide bonds. The van der Waals surface area contributed by atoms with Gasteiger partial charge in [-0.3, -0.25) is 4.98 Å². The molecule has 0 saturated heterocycles. The van der Waals surface area contributed by atoms with Crippen molar-refractivity contribution in [3.63, 3.8) is 0 Å². The summed E-state index contributed by atoms with van der Waals surface area (Å²) in [6.45, 7) is 7.28. The molecular formula is C16H22N4. The van der Waals surface area contributed by atoms with Crippen LogP contribution in [0.2, 0.25) is 0 Å². The van der Waals surface area contributed by atoms with Crippen molar-refractivity contribution < 1.29 is 0 Å². The maximum atomic E-state index is 4.68. The summed E-state index contributed by atoms with van der Waals surface area (Å²) >= 11 is 0. The van der Waals surface area contributed by atoms with E-state index in [0.717, 1.165) is 54.3 Å². The van der Waals surface area contributed by atoms with Gasteiger partial charge in [-0.15, -0.1) is 0 Å². The Morgan fingerprint density at radius 1 is 1.15 bits per heavy atom. The summed E-state index contributed by atoms with van der Waals surface area (Å²) in [5.41, 5.74) is 3.24. The quantitative estimate of drug-likeness (QED) is 0.871. The zero-order valence-electron chi connectivity index (χ0n) is 12.5. The van der Waals surface area contributed by atoms with Gasteiger partial charge in [0, 0.05) is 36.3 Å². The van der Waals surface area contributed by atoms with Crippen LogP contribution in [0.1, 0.15) is 37.9 Å². The maximum Gasteiger partial charge on any atom is 0.162 e. The van der Waals surface area contributed by atoms with Crippen molar-refractivity contribution >= 4 is 5.82 Å². The van der Waals surface area contributed by atoms with Gasteiger partial charge in [-0.05, 0) is 31.4 Å². The molecule has 2 aromatic heterocycles. The van der Waals surface area contributed by atoms with Crippen LogP contribution in [0, 0.1) is 6.92 Å². The maximum absolute atomic E-state index is 4.68. The van der Waals surface area contributed by atoms with Crippen molar-refractivity contribution in [3.05, 3.63) is 35.8 Å². The topological polar surface area (TPSA) is 50.7 Å². The molecule has 0 aliphatic heterocycles. The van der Waals surface area contributed by atoms with Crippen LogP contribution in [-0.2, 0) is 6.42 Å². The van der Waals surface area contributed by atoms with E-state index < -0.39 is 0 Å². The first kappa shape index (κ1) is 14.4. The minimum atomic E-state index is 0.787. The van der Waals surface area contributed by atoms with Crippen LogP contribution in [0.15, 0.2) is 24.5 Å². The third-order valence-corrected chi connectivity index (χ3v) is 3.10. The highest BCUT2D eigenvalue weighted by atomic mass is 15.0. The largest absolute Gasteiger partial charge is 0.370 e. The van der Waals surface area contributed by atoms with Crippen molar-refractivity contribution in [3.8, 4) is 11.4 Å². The normalized spacial score (nSPS) is 10.6. The lowest BCUT2D eigenvalue weighted by Crippen LogP contribution is -2.06. The molecule has 4 nitrogen and oxygen atoms in total. The van der Waals surface area contributed by atoms with Crippen molar-refractivity contribution in [1.29, 1.82) is 0 Å². The first-order chi connectivity index (χ1) is 9.74. The molecule has 0 bridgehead atoms. The zero-order valence-corrected chi connectivity index (χ0v) is 12.5. The van der Waals surface area contributed by atoms with E-state index in [1.54, 1.807) is 6.20 Å². The van der Waals surface area contributed by atoms with E-state index in [1.807, 2.05) is 19.2 Å². The highest BCUT2D eigenvalue weighted by Gasteiger charge is 2.08. The van der Waals surface area contributed by atoms with Gasteiger partial charge in [0.2, 0.25) is 0 Å². The van der Waals surface area contributed by atoms with Gasteiger partial charge in [0.1, 0.15) is 5.82 Å². The molecule has 4 heteroatoms. The molecule has 0 fully saturated rings. The fourth-order valence-corrected chi connectivity index (χ4v) is 2.07. The Hall–Kier alpha value is -1.97. The molecule has 0 unspecified atom stereocenters. The summed E-state index contributed by atoms with van der Waals surface area (Å²) in [5, 5.41) is 3.36. The van der Waals surface area contributed by atoms with Crippen LogP contribution < -0.4 is 5.32 Å². The molecule has 0 spiro atoms. The van der Waals surface area contributed by atoms with Gasteiger partial charge in [-0.1, -0.05) is 20.3 Å². The second-order valence-corrected chi connectivity index (χ2v) is 4.94. The summed E-state index contributed by atoms with van der Waals surface area (Å²) in [4.78, 5) is 13.4. The molecule has 2 aromatic rings. The van der Waals surface area contributed by atoms with Crippen molar-refractivity contribution in [2.45, 2.75) is 40.0 Å². The molecule has 0 radical (unpaired) electrons. The Labute approximate surface area is 120 Å². The van der Waals surface area contributed by atoms with Crippen molar-refractivity contribution in [1.82, 2.24) is 15.0 Å². The standard InChI is InChI=1S/C16H22N4/c1-4-6-13-10-15(18-8-5-2)20-16(19-13)14-7-9-17-11-12(14)3/h7,9-11H,4-6,8H2,1-3H3,(H,18,19,20). The monoisotopic (exact) mass is 270 g/mol. The highest BCUT2D eigenvalue weighted by Crippen LogP contribution is 2.21. The molecular weight excluding hydrogens is 248 g/mol. The van der Waals surface area contributed by atoms with Crippen molar-refractivity contribution in [2.75, 3.05) is 11.9 Å². The van der Waals surface area contributed by atoms with E-state index in [1.165, 1.54) is 0 Å². The molecule has 0 aromatic carbocycles. The van der Waals surface area contributed by atoms with Crippen LogP contribution in [0.4, 0.5) is 5.82 Å².